The van der Waals surface area contributed by atoms with Gasteiger partial charge in [0, 0.05) is 49.8 Å². The Morgan fingerprint density at radius 3 is 2.10 bits per heavy atom. The number of carbonyl (C=O) groups is 5. The molecule has 4 bridgehead atoms. The molecule has 0 saturated carbocycles. The third-order valence-corrected chi connectivity index (χ3v) is 12.0. The molecule has 0 spiro atoms. The predicted octanol–water partition coefficient (Wildman–Crippen LogP) is -0.548. The predicted molar refractivity (Wildman–Crippen MR) is 259 cm³/mol. The number of anilines is 1. The number of phenols is 1. The number of aliphatic hydroxyl groups is 2. The molecular formula is C46H59F2N11O13S. The van der Waals surface area contributed by atoms with Gasteiger partial charge in [-0.05, 0) is 53.3 Å². The fraction of sp³-hybridized carbons (Fsp3) is 0.413. The van der Waals surface area contributed by atoms with Crippen LogP contribution in [0.2, 0.25) is 0 Å². The van der Waals surface area contributed by atoms with E-state index in [9.17, 15) is 61.6 Å². The largest absolute Gasteiger partial charge is 0.504 e. The smallest absolute Gasteiger partial charge is 0.326 e. The molecule has 16 N–H and O–H groups in total. The molecular weight excluding hydrogens is 985 g/mol. The molecule has 0 aliphatic carbocycles. The van der Waals surface area contributed by atoms with Gasteiger partial charge >= 0.3 is 5.97 Å². The summed E-state index contributed by atoms with van der Waals surface area (Å²) in [5, 5.41) is 54.8. The Balaban J connectivity index is 1.69. The molecule has 396 valence electrons. The number of nitrogens with zero attached hydrogens (tertiary/aromatic N) is 3. The third kappa shape index (κ3) is 14.3. The Morgan fingerprint density at radius 1 is 0.918 bits per heavy atom. The van der Waals surface area contributed by atoms with Gasteiger partial charge in [-0.1, -0.05) is 51.1 Å². The number of alkyl halides is 2. The van der Waals surface area contributed by atoms with Crippen molar-refractivity contribution >= 4 is 45.6 Å². The zero-order valence-corrected chi connectivity index (χ0v) is 41.1. The Labute approximate surface area is 418 Å². The summed E-state index contributed by atoms with van der Waals surface area (Å²) in [5.41, 5.74) is 15.9. The van der Waals surface area contributed by atoms with Crippen molar-refractivity contribution in [3.8, 4) is 39.8 Å². The van der Waals surface area contributed by atoms with E-state index in [1.807, 2.05) is 25.5 Å². The first-order valence-corrected chi connectivity index (χ1v) is 24.0. The van der Waals surface area contributed by atoms with Crippen molar-refractivity contribution in [2.45, 2.75) is 82.3 Å². The lowest BCUT2D eigenvalue weighted by Crippen LogP contribution is -2.57. The highest BCUT2D eigenvalue weighted by Gasteiger charge is 2.38. The fourth-order valence-electron chi connectivity index (χ4n) is 7.43. The Morgan fingerprint density at radius 2 is 1.53 bits per heavy atom. The molecule has 5 rings (SSSR count). The first kappa shape index (κ1) is 56.8. The number of nitrogen functional groups attached to an aromatic ring is 1. The summed E-state index contributed by atoms with van der Waals surface area (Å²) < 4.78 is 67.7. The standard InChI is InChI=1S/C46H59F2N11O13S/c1-21-41(63)55-30(45(67)68)13-22-6-11-32(71-19-26(60)16-49)28(12-22)29-14-24(15-33(37(29)62)72-20-27(61)17-50)36(43(65)54-21)59(5)44(66)31(18-53-73(52,69)70)56-42(64)34-35(38(47)48)57-40(58-39(34)51)23-7-9-25(10-8-23)46(2,3)4/h6-12,14-15,21,26-27,30-31,36,38,53,60-62H,13,16-20,49-50H2,1-5H3,(H,54,65)(H,55,63)(H,56,64)(H,67,68)(H2,51,57,58)(H2,52,69,70)/t21?,26-,27-,30?,31+,36?/m1/s1. The number of carboxylic acids is 1. The number of hydrogen-bond donors (Lipinski definition) is 12. The van der Waals surface area contributed by atoms with Crippen LogP contribution in [0.25, 0.3) is 22.5 Å². The molecule has 0 radical (unpaired) electrons. The Bertz CT molecular complexity index is 2820. The molecule has 0 saturated heterocycles. The second kappa shape index (κ2) is 23.6. The molecule has 3 unspecified atom stereocenters. The highest BCUT2D eigenvalue weighted by atomic mass is 32.2. The Kier molecular flexibility index (Phi) is 18.4. The molecule has 73 heavy (non-hydrogen) atoms. The lowest BCUT2D eigenvalue weighted by Gasteiger charge is -2.33. The van der Waals surface area contributed by atoms with Crippen LogP contribution in [0.4, 0.5) is 14.6 Å². The minimum absolute atomic E-state index is 0.0237. The number of halogens is 2. The SMILES string of the molecule is CC1NC(=O)C(N(C)C(=O)[C@H](CNS(N)(=O)=O)NC(=O)c2c(N)nc(-c3ccc(C(C)(C)C)cc3)nc2C(F)F)c2cc(OC[C@H](O)CN)c(O)c(c2)-c2cc(ccc2OC[C@H](O)CN)CC(C(=O)O)NC1=O. The van der Waals surface area contributed by atoms with E-state index in [2.05, 4.69) is 25.9 Å². The second-order valence-electron chi connectivity index (χ2n) is 18.1. The quantitative estimate of drug-likeness (QED) is 0.0595. The number of rotatable bonds is 18. The van der Waals surface area contributed by atoms with E-state index >= 15 is 0 Å². The average molecular weight is 1040 g/mol. The first-order chi connectivity index (χ1) is 34.1. The van der Waals surface area contributed by atoms with E-state index in [1.165, 1.54) is 31.2 Å². The summed E-state index contributed by atoms with van der Waals surface area (Å²) in [6.07, 6.45) is -6.31. The molecule has 1 aliphatic heterocycles. The number of phenolic OH excluding ortho intramolecular Hbond substituents is 1. The van der Waals surface area contributed by atoms with Crippen molar-refractivity contribution in [3.05, 3.63) is 82.5 Å². The number of aliphatic hydroxyl groups excluding tert-OH is 2. The summed E-state index contributed by atoms with van der Waals surface area (Å²) in [7, 11) is -3.67. The summed E-state index contributed by atoms with van der Waals surface area (Å²) in [4.78, 5) is 78.4. The van der Waals surface area contributed by atoms with Gasteiger partial charge in [0.25, 0.3) is 22.5 Å². The van der Waals surface area contributed by atoms with Crippen molar-refractivity contribution in [1.82, 2.24) is 35.5 Å². The molecule has 27 heteroatoms. The molecule has 4 amide bonds. The normalized spacial score (nSPS) is 17.6. The van der Waals surface area contributed by atoms with E-state index in [0.717, 1.165) is 18.7 Å². The highest BCUT2D eigenvalue weighted by molar-refractivity contribution is 7.87. The molecule has 6 atom stereocenters. The van der Waals surface area contributed by atoms with Crippen LogP contribution in [0.1, 0.15) is 72.9 Å². The minimum atomic E-state index is -4.68. The first-order valence-electron chi connectivity index (χ1n) is 22.4. The number of likely N-dealkylation sites (N-methyl/N-ethyl adjacent to an activating group) is 1. The maximum absolute atomic E-state index is 14.8. The van der Waals surface area contributed by atoms with Crippen LogP contribution in [-0.2, 0) is 41.2 Å². The van der Waals surface area contributed by atoms with Gasteiger partial charge < -0.3 is 68.0 Å². The van der Waals surface area contributed by atoms with Crippen molar-refractivity contribution in [1.29, 1.82) is 0 Å². The zero-order valence-electron chi connectivity index (χ0n) is 40.3. The van der Waals surface area contributed by atoms with Gasteiger partial charge in [-0.3, -0.25) is 19.2 Å². The van der Waals surface area contributed by atoms with Gasteiger partial charge in [-0.2, -0.15) is 13.1 Å². The summed E-state index contributed by atoms with van der Waals surface area (Å²) in [6.45, 7) is 4.52. The minimum Gasteiger partial charge on any atom is -0.504 e. The van der Waals surface area contributed by atoms with Crippen molar-refractivity contribution in [2.75, 3.05) is 45.6 Å². The maximum Gasteiger partial charge on any atom is 0.326 e. The number of aromatic nitrogens is 2. The summed E-state index contributed by atoms with van der Waals surface area (Å²) in [6, 6.07) is 5.82. The molecule has 0 fully saturated rings. The van der Waals surface area contributed by atoms with Gasteiger partial charge in [0.2, 0.25) is 17.7 Å². The van der Waals surface area contributed by atoms with E-state index in [-0.39, 0.29) is 64.3 Å². The van der Waals surface area contributed by atoms with Crippen LogP contribution < -0.4 is 52.5 Å². The number of hydrogen-bond acceptors (Lipinski definition) is 17. The number of benzene rings is 3. The van der Waals surface area contributed by atoms with Gasteiger partial charge in [-0.25, -0.2) is 28.7 Å². The molecule has 4 aromatic rings. The monoisotopic (exact) mass is 1040 g/mol. The molecule has 3 aromatic carbocycles. The fourth-order valence-corrected chi connectivity index (χ4v) is 7.83. The highest BCUT2D eigenvalue weighted by Crippen LogP contribution is 2.45. The number of aliphatic carboxylic acids is 1. The third-order valence-electron chi connectivity index (χ3n) is 11.4. The van der Waals surface area contributed by atoms with Crippen molar-refractivity contribution < 1.29 is 71.1 Å². The van der Waals surface area contributed by atoms with Gasteiger partial charge in [0.15, 0.2) is 17.3 Å². The number of fused-ring (bicyclic) bond motifs is 5. The van der Waals surface area contributed by atoms with Crippen LogP contribution in [0.15, 0.2) is 54.6 Å². The lowest BCUT2D eigenvalue weighted by atomic mass is 9.86. The van der Waals surface area contributed by atoms with Gasteiger partial charge in [0.05, 0.1) is 0 Å². The van der Waals surface area contributed by atoms with Crippen LogP contribution in [-0.4, -0.2) is 144 Å². The van der Waals surface area contributed by atoms with Gasteiger partial charge in [-0.15, -0.1) is 0 Å². The average Bonchev–Trinajstić information content (AvgIpc) is 3.32. The number of carboxylic acid groups (broad SMARTS) is 1. The number of aromatic hydroxyl groups is 1. The van der Waals surface area contributed by atoms with Crippen molar-refractivity contribution in [2.24, 2.45) is 16.6 Å². The molecule has 1 aromatic heterocycles. The summed E-state index contributed by atoms with van der Waals surface area (Å²) in [5.74, 6) is -8.66. The number of ether oxygens (including phenoxy) is 2. The van der Waals surface area contributed by atoms with Crippen LogP contribution in [0, 0.1) is 0 Å². The maximum atomic E-state index is 14.8. The van der Waals surface area contributed by atoms with Crippen LogP contribution in [0.5, 0.6) is 17.2 Å². The summed E-state index contributed by atoms with van der Waals surface area (Å²) >= 11 is 0. The molecule has 2 heterocycles. The number of nitrogens with two attached hydrogens (primary N) is 4. The van der Waals surface area contributed by atoms with E-state index in [4.69, 9.17) is 31.8 Å². The van der Waals surface area contributed by atoms with E-state index in [1.54, 1.807) is 24.3 Å². The lowest BCUT2D eigenvalue weighted by molar-refractivity contribution is -0.143. The van der Waals surface area contributed by atoms with Gasteiger partial charge in [0.1, 0.15) is 72.4 Å². The molecule has 1 aliphatic rings. The topological polar surface area (TPSA) is 400 Å². The van der Waals surface area contributed by atoms with E-state index in [0.29, 0.717) is 4.90 Å². The van der Waals surface area contributed by atoms with Crippen LogP contribution >= 0.6 is 0 Å². The number of nitrogens with one attached hydrogen (secondary N) is 4. The second-order valence-corrected chi connectivity index (χ2v) is 19.5. The number of carbonyl (C=O) groups excluding carboxylic acids is 4. The molecule has 24 nitrogen and oxygen atoms in total. The zero-order chi connectivity index (χ0) is 54.3. The van der Waals surface area contributed by atoms with Crippen molar-refractivity contribution in [3.63, 3.8) is 0 Å². The Hall–Kier alpha value is -7.14. The van der Waals surface area contributed by atoms with E-state index < -0.39 is 131 Å². The van der Waals surface area contributed by atoms with Crippen LogP contribution in [0.3, 0.4) is 0 Å². The number of amides is 4.